The van der Waals surface area contributed by atoms with E-state index in [1.165, 1.54) is 0 Å². The van der Waals surface area contributed by atoms with Crippen molar-refractivity contribution in [1.29, 1.82) is 0 Å². The largest absolute Gasteiger partial charge is 0.497 e. The van der Waals surface area contributed by atoms with E-state index in [1.807, 2.05) is 57.2 Å². The van der Waals surface area contributed by atoms with E-state index in [9.17, 15) is 9.90 Å². The van der Waals surface area contributed by atoms with Gasteiger partial charge in [0.1, 0.15) is 11.6 Å². The van der Waals surface area contributed by atoms with Crippen molar-refractivity contribution in [2.24, 2.45) is 0 Å². The number of nitrogens with one attached hydrogen (secondary N) is 1. The SMILES string of the molecule is COc1ccc(Cn2c(C)nc3c(I)cc(NC(C)(C)CO)cc3c2=O)cc1. The minimum Gasteiger partial charge on any atom is -0.497 e. The van der Waals surface area contributed by atoms with Crippen LogP contribution in [0.3, 0.4) is 0 Å². The summed E-state index contributed by atoms with van der Waals surface area (Å²) in [6.07, 6.45) is 0. The Morgan fingerprint density at radius 1 is 1.25 bits per heavy atom. The number of hydrogen-bond donors (Lipinski definition) is 2. The monoisotopic (exact) mass is 493 g/mol. The fourth-order valence-electron chi connectivity index (χ4n) is 2.99. The average molecular weight is 493 g/mol. The lowest BCUT2D eigenvalue weighted by Gasteiger charge is -2.25. The van der Waals surface area contributed by atoms with Gasteiger partial charge in [0.2, 0.25) is 0 Å². The zero-order chi connectivity index (χ0) is 20.5. The standard InChI is InChI=1S/C21H24IN3O3/c1-13-23-19-17(9-15(10-18(19)22)24-21(2,3)12-26)20(27)25(13)11-14-5-7-16(28-4)8-6-14/h5-10,24,26H,11-12H2,1-4H3. The van der Waals surface area contributed by atoms with Crippen molar-refractivity contribution >= 4 is 39.2 Å². The Bertz CT molecular complexity index is 1060. The minimum atomic E-state index is -0.489. The van der Waals surface area contributed by atoms with Crippen molar-refractivity contribution in [3.8, 4) is 5.75 Å². The van der Waals surface area contributed by atoms with Gasteiger partial charge in [-0.3, -0.25) is 9.36 Å². The number of ether oxygens (including phenoxy) is 1. The van der Waals surface area contributed by atoms with E-state index in [-0.39, 0.29) is 12.2 Å². The first-order chi connectivity index (χ1) is 13.2. The molecular formula is C21H24IN3O3. The van der Waals surface area contributed by atoms with Crippen LogP contribution in [0.15, 0.2) is 41.2 Å². The summed E-state index contributed by atoms with van der Waals surface area (Å²) >= 11 is 2.20. The first kappa shape index (κ1) is 20.6. The normalized spacial score (nSPS) is 11.6. The minimum absolute atomic E-state index is 0.0184. The Kier molecular flexibility index (Phi) is 5.95. The molecule has 6 nitrogen and oxygen atoms in total. The molecule has 1 aromatic heterocycles. The van der Waals surface area contributed by atoms with Crippen molar-refractivity contribution in [3.63, 3.8) is 0 Å². The zero-order valence-corrected chi connectivity index (χ0v) is 18.6. The van der Waals surface area contributed by atoms with E-state index in [0.29, 0.717) is 23.3 Å². The second-order valence-electron chi connectivity index (χ2n) is 7.42. The molecule has 3 rings (SSSR count). The summed E-state index contributed by atoms with van der Waals surface area (Å²) in [4.78, 5) is 17.9. The number of anilines is 1. The van der Waals surface area contributed by atoms with Crippen LogP contribution in [0, 0.1) is 10.5 Å². The van der Waals surface area contributed by atoms with Crippen LogP contribution in [-0.4, -0.2) is 33.9 Å². The highest BCUT2D eigenvalue weighted by atomic mass is 127. The number of aliphatic hydroxyl groups excluding tert-OH is 1. The lowest BCUT2D eigenvalue weighted by atomic mass is 10.1. The van der Waals surface area contributed by atoms with Crippen LogP contribution in [0.25, 0.3) is 10.9 Å². The van der Waals surface area contributed by atoms with Crippen molar-refractivity contribution in [1.82, 2.24) is 9.55 Å². The molecule has 0 aliphatic heterocycles. The molecule has 7 heteroatoms. The number of halogens is 1. The van der Waals surface area contributed by atoms with E-state index in [2.05, 4.69) is 32.9 Å². The zero-order valence-electron chi connectivity index (χ0n) is 16.4. The van der Waals surface area contributed by atoms with Crippen LogP contribution in [0.1, 0.15) is 25.2 Å². The van der Waals surface area contributed by atoms with Crippen molar-refractivity contribution in [2.75, 3.05) is 19.0 Å². The van der Waals surface area contributed by atoms with Crippen LogP contribution in [0.5, 0.6) is 5.75 Å². The van der Waals surface area contributed by atoms with E-state index in [0.717, 1.165) is 20.6 Å². The topological polar surface area (TPSA) is 76.4 Å². The third-order valence-electron chi connectivity index (χ3n) is 4.58. The molecule has 3 aromatic rings. The highest BCUT2D eigenvalue weighted by Crippen LogP contribution is 2.25. The Morgan fingerprint density at radius 2 is 1.93 bits per heavy atom. The lowest BCUT2D eigenvalue weighted by Crippen LogP contribution is -2.35. The highest BCUT2D eigenvalue weighted by Gasteiger charge is 2.18. The molecular weight excluding hydrogens is 469 g/mol. The molecule has 0 aliphatic rings. The highest BCUT2D eigenvalue weighted by molar-refractivity contribution is 14.1. The Labute approximate surface area is 177 Å². The maximum absolute atomic E-state index is 13.2. The molecule has 148 valence electrons. The second-order valence-corrected chi connectivity index (χ2v) is 8.58. The van der Waals surface area contributed by atoms with E-state index >= 15 is 0 Å². The van der Waals surface area contributed by atoms with Crippen LogP contribution < -0.4 is 15.6 Å². The molecule has 0 bridgehead atoms. The molecule has 0 saturated heterocycles. The van der Waals surface area contributed by atoms with Gasteiger partial charge in [0.25, 0.3) is 5.56 Å². The summed E-state index contributed by atoms with van der Waals surface area (Å²) in [5.74, 6) is 1.45. The lowest BCUT2D eigenvalue weighted by molar-refractivity contribution is 0.234. The number of aliphatic hydroxyl groups is 1. The van der Waals surface area contributed by atoms with Crippen LogP contribution in [0.4, 0.5) is 5.69 Å². The molecule has 1 heterocycles. The van der Waals surface area contributed by atoms with E-state index in [1.54, 1.807) is 11.7 Å². The van der Waals surface area contributed by atoms with Gasteiger partial charge in [0.05, 0.1) is 36.7 Å². The summed E-state index contributed by atoms with van der Waals surface area (Å²) in [7, 11) is 1.63. The van der Waals surface area contributed by atoms with Crippen molar-refractivity contribution < 1.29 is 9.84 Å². The van der Waals surface area contributed by atoms with Gasteiger partial charge in [-0.1, -0.05) is 12.1 Å². The summed E-state index contributed by atoms with van der Waals surface area (Å²) in [5.41, 5.74) is 1.91. The van der Waals surface area contributed by atoms with Gasteiger partial charge in [-0.15, -0.1) is 0 Å². The van der Waals surface area contributed by atoms with Crippen molar-refractivity contribution in [3.05, 3.63) is 61.7 Å². The number of aryl methyl sites for hydroxylation is 1. The van der Waals surface area contributed by atoms with E-state index in [4.69, 9.17) is 4.74 Å². The molecule has 0 radical (unpaired) electrons. The predicted molar refractivity (Wildman–Crippen MR) is 120 cm³/mol. The first-order valence-corrected chi connectivity index (χ1v) is 10.0. The molecule has 28 heavy (non-hydrogen) atoms. The van der Waals surface area contributed by atoms with Gasteiger partial charge in [0, 0.05) is 9.26 Å². The van der Waals surface area contributed by atoms with Gasteiger partial charge in [-0.05, 0) is 73.2 Å². The molecule has 2 aromatic carbocycles. The number of aromatic nitrogens is 2. The Morgan fingerprint density at radius 3 is 2.54 bits per heavy atom. The third kappa shape index (κ3) is 4.30. The fraction of sp³-hybridized carbons (Fsp3) is 0.333. The number of methoxy groups -OCH3 is 1. The summed E-state index contributed by atoms with van der Waals surface area (Å²) in [5, 5.41) is 13.4. The molecule has 0 fully saturated rings. The molecule has 0 spiro atoms. The Hall–Kier alpha value is -2.13. The van der Waals surface area contributed by atoms with Crippen LogP contribution >= 0.6 is 22.6 Å². The summed E-state index contributed by atoms with van der Waals surface area (Å²) in [6, 6.07) is 11.4. The predicted octanol–water partition coefficient (Wildman–Crippen LogP) is 3.55. The maximum atomic E-state index is 13.2. The quantitative estimate of drug-likeness (QED) is 0.514. The van der Waals surface area contributed by atoms with Gasteiger partial charge in [-0.2, -0.15) is 0 Å². The maximum Gasteiger partial charge on any atom is 0.261 e. The Balaban J connectivity index is 2.07. The second kappa shape index (κ2) is 8.08. The molecule has 2 N–H and O–H groups in total. The number of nitrogens with zero attached hydrogens (tertiary/aromatic N) is 2. The van der Waals surface area contributed by atoms with E-state index < -0.39 is 5.54 Å². The molecule has 0 unspecified atom stereocenters. The number of fused-ring (bicyclic) bond motifs is 1. The summed E-state index contributed by atoms with van der Waals surface area (Å²) < 4.78 is 7.77. The number of rotatable bonds is 6. The summed E-state index contributed by atoms with van der Waals surface area (Å²) in [6.45, 7) is 6.07. The van der Waals surface area contributed by atoms with Gasteiger partial charge < -0.3 is 15.2 Å². The molecule has 0 saturated carbocycles. The van der Waals surface area contributed by atoms with Gasteiger partial charge >= 0.3 is 0 Å². The van der Waals surface area contributed by atoms with Gasteiger partial charge in [0.15, 0.2) is 0 Å². The molecule has 0 aliphatic carbocycles. The third-order valence-corrected chi connectivity index (χ3v) is 5.40. The average Bonchev–Trinajstić information content (AvgIpc) is 2.66. The molecule has 0 amide bonds. The number of benzene rings is 2. The fourth-order valence-corrected chi connectivity index (χ4v) is 3.74. The van der Waals surface area contributed by atoms with Crippen molar-refractivity contribution in [2.45, 2.75) is 32.9 Å². The first-order valence-electron chi connectivity index (χ1n) is 8.97. The molecule has 0 atom stereocenters. The number of hydrogen-bond acceptors (Lipinski definition) is 5. The van der Waals surface area contributed by atoms with Gasteiger partial charge in [-0.25, -0.2) is 4.98 Å². The smallest absolute Gasteiger partial charge is 0.261 e. The van der Waals surface area contributed by atoms with Crippen LogP contribution in [0.2, 0.25) is 0 Å². The van der Waals surface area contributed by atoms with Crippen LogP contribution in [-0.2, 0) is 6.54 Å².